The second kappa shape index (κ2) is 6.35. The zero-order valence-corrected chi connectivity index (χ0v) is 10.4. The molecule has 17 heavy (non-hydrogen) atoms. The first kappa shape index (κ1) is 13.6. The summed E-state index contributed by atoms with van der Waals surface area (Å²) in [4.78, 5) is 11.3. The van der Waals surface area contributed by atoms with E-state index in [0.717, 1.165) is 12.0 Å². The highest BCUT2D eigenvalue weighted by Crippen LogP contribution is 2.17. The molecule has 1 aromatic rings. The highest BCUT2D eigenvalue weighted by molar-refractivity contribution is 5.75. The number of methoxy groups -OCH3 is 1. The van der Waals surface area contributed by atoms with Gasteiger partial charge in [0.2, 0.25) is 0 Å². The third-order valence-corrected chi connectivity index (χ3v) is 2.69. The van der Waals surface area contributed by atoms with Crippen molar-refractivity contribution in [1.29, 1.82) is 0 Å². The minimum Gasteiger partial charge on any atom is -0.468 e. The zero-order chi connectivity index (χ0) is 12.8. The number of hydrogen-bond donors (Lipinski definition) is 1. The van der Waals surface area contributed by atoms with Crippen molar-refractivity contribution in [2.45, 2.75) is 32.4 Å². The van der Waals surface area contributed by atoms with Crippen LogP contribution < -0.4 is 5.32 Å². The zero-order valence-electron chi connectivity index (χ0n) is 10.4. The summed E-state index contributed by atoms with van der Waals surface area (Å²) in [6, 6.07) is 5.92. The fourth-order valence-corrected chi connectivity index (χ4v) is 1.69. The summed E-state index contributed by atoms with van der Waals surface area (Å²) in [5.74, 6) is -0.560. The standard InChI is InChI=1S/C13H18FNO2/c1-4-12(15-9(2)13(16)17-3)10-5-7-11(14)8-6-10/h5-9,12,15H,4H2,1-3H3/t9-,12?/m0/s1. The van der Waals surface area contributed by atoms with Crippen LogP contribution in [0.5, 0.6) is 0 Å². The highest BCUT2D eigenvalue weighted by Gasteiger charge is 2.18. The summed E-state index contributed by atoms with van der Waals surface area (Å²) in [6.07, 6.45) is 0.812. The fraction of sp³-hybridized carbons (Fsp3) is 0.462. The first-order valence-electron chi connectivity index (χ1n) is 5.67. The van der Waals surface area contributed by atoms with Gasteiger partial charge < -0.3 is 4.74 Å². The van der Waals surface area contributed by atoms with Gasteiger partial charge in [0.25, 0.3) is 0 Å². The molecule has 0 aliphatic heterocycles. The van der Waals surface area contributed by atoms with Crippen LogP contribution in [0.25, 0.3) is 0 Å². The summed E-state index contributed by atoms with van der Waals surface area (Å²) < 4.78 is 17.5. The lowest BCUT2D eigenvalue weighted by atomic mass is 10.0. The van der Waals surface area contributed by atoms with E-state index in [1.54, 1.807) is 19.1 Å². The third-order valence-electron chi connectivity index (χ3n) is 2.69. The van der Waals surface area contributed by atoms with Crippen molar-refractivity contribution in [2.24, 2.45) is 0 Å². The molecular formula is C13H18FNO2. The van der Waals surface area contributed by atoms with Crippen LogP contribution in [-0.4, -0.2) is 19.1 Å². The number of benzene rings is 1. The topological polar surface area (TPSA) is 38.3 Å². The van der Waals surface area contributed by atoms with Gasteiger partial charge in [-0.2, -0.15) is 0 Å². The smallest absolute Gasteiger partial charge is 0.322 e. The van der Waals surface area contributed by atoms with E-state index in [0.29, 0.717) is 0 Å². The second-order valence-electron chi connectivity index (χ2n) is 3.92. The summed E-state index contributed by atoms with van der Waals surface area (Å²) in [5.41, 5.74) is 0.963. The Morgan fingerprint density at radius 3 is 2.47 bits per heavy atom. The maximum absolute atomic E-state index is 12.8. The molecule has 0 heterocycles. The van der Waals surface area contributed by atoms with Gasteiger partial charge in [0.15, 0.2) is 0 Å². The molecule has 1 N–H and O–H groups in total. The van der Waals surface area contributed by atoms with E-state index in [9.17, 15) is 9.18 Å². The minimum atomic E-state index is -0.380. The van der Waals surface area contributed by atoms with E-state index in [2.05, 4.69) is 10.1 Å². The van der Waals surface area contributed by atoms with E-state index in [1.165, 1.54) is 19.2 Å². The Hall–Kier alpha value is -1.42. The summed E-state index contributed by atoms with van der Waals surface area (Å²) in [7, 11) is 1.36. The largest absolute Gasteiger partial charge is 0.468 e. The number of ether oxygens (including phenoxy) is 1. The van der Waals surface area contributed by atoms with E-state index in [1.807, 2.05) is 6.92 Å². The quantitative estimate of drug-likeness (QED) is 0.802. The average Bonchev–Trinajstić information content (AvgIpc) is 2.35. The molecule has 0 radical (unpaired) electrons. The SMILES string of the molecule is CCC(N[C@@H](C)C(=O)OC)c1ccc(F)cc1. The molecule has 0 saturated carbocycles. The van der Waals surface area contributed by atoms with E-state index in [-0.39, 0.29) is 23.9 Å². The molecule has 0 spiro atoms. The van der Waals surface area contributed by atoms with Crippen molar-refractivity contribution in [2.75, 3.05) is 7.11 Å². The van der Waals surface area contributed by atoms with Gasteiger partial charge in [-0.05, 0) is 31.0 Å². The summed E-state index contributed by atoms with van der Waals surface area (Å²) in [6.45, 7) is 3.75. The highest BCUT2D eigenvalue weighted by atomic mass is 19.1. The molecule has 0 saturated heterocycles. The number of nitrogens with one attached hydrogen (secondary N) is 1. The molecule has 4 heteroatoms. The Morgan fingerprint density at radius 1 is 1.41 bits per heavy atom. The Bertz CT molecular complexity index is 364. The van der Waals surface area contributed by atoms with Crippen LogP contribution >= 0.6 is 0 Å². The molecule has 94 valence electrons. The number of rotatable bonds is 5. The van der Waals surface area contributed by atoms with Crippen molar-refractivity contribution in [3.8, 4) is 0 Å². The molecule has 0 bridgehead atoms. The Morgan fingerprint density at radius 2 is 2.00 bits per heavy atom. The molecule has 3 nitrogen and oxygen atoms in total. The normalized spacial score (nSPS) is 14.1. The lowest BCUT2D eigenvalue weighted by molar-refractivity contribution is -0.142. The van der Waals surface area contributed by atoms with Gasteiger partial charge in [-0.1, -0.05) is 19.1 Å². The molecule has 0 aromatic heterocycles. The molecule has 0 aliphatic carbocycles. The predicted molar refractivity (Wildman–Crippen MR) is 64.0 cm³/mol. The third kappa shape index (κ3) is 3.82. The number of hydrogen-bond acceptors (Lipinski definition) is 3. The van der Waals surface area contributed by atoms with Crippen LogP contribution in [0.15, 0.2) is 24.3 Å². The van der Waals surface area contributed by atoms with Gasteiger partial charge in [-0.25, -0.2) is 4.39 Å². The van der Waals surface area contributed by atoms with Gasteiger partial charge in [0.1, 0.15) is 11.9 Å². The molecule has 0 aliphatic rings. The van der Waals surface area contributed by atoms with Crippen LogP contribution in [0, 0.1) is 5.82 Å². The molecular weight excluding hydrogens is 221 g/mol. The van der Waals surface area contributed by atoms with Crippen molar-refractivity contribution in [3.63, 3.8) is 0 Å². The predicted octanol–water partition coefficient (Wildman–Crippen LogP) is 2.43. The van der Waals surface area contributed by atoms with Crippen molar-refractivity contribution < 1.29 is 13.9 Å². The Labute approximate surface area is 101 Å². The van der Waals surface area contributed by atoms with E-state index in [4.69, 9.17) is 0 Å². The van der Waals surface area contributed by atoms with Crippen molar-refractivity contribution >= 4 is 5.97 Å². The van der Waals surface area contributed by atoms with Gasteiger partial charge in [0, 0.05) is 6.04 Å². The summed E-state index contributed by atoms with van der Waals surface area (Å²) in [5, 5.41) is 3.16. The molecule has 0 fully saturated rings. The van der Waals surface area contributed by atoms with Crippen molar-refractivity contribution in [3.05, 3.63) is 35.6 Å². The van der Waals surface area contributed by atoms with E-state index >= 15 is 0 Å². The van der Waals surface area contributed by atoms with Gasteiger partial charge in [-0.15, -0.1) is 0 Å². The van der Waals surface area contributed by atoms with Crippen molar-refractivity contribution in [1.82, 2.24) is 5.32 Å². The lowest BCUT2D eigenvalue weighted by Gasteiger charge is -2.21. The number of carbonyl (C=O) groups is 1. The Balaban J connectivity index is 2.71. The Kier molecular flexibility index (Phi) is 5.10. The maximum atomic E-state index is 12.8. The fourth-order valence-electron chi connectivity index (χ4n) is 1.69. The second-order valence-corrected chi connectivity index (χ2v) is 3.92. The monoisotopic (exact) mass is 239 g/mol. The van der Waals surface area contributed by atoms with Crippen LogP contribution in [0.3, 0.4) is 0 Å². The number of esters is 1. The van der Waals surface area contributed by atoms with E-state index < -0.39 is 0 Å². The van der Waals surface area contributed by atoms with Gasteiger partial charge in [0.05, 0.1) is 7.11 Å². The average molecular weight is 239 g/mol. The van der Waals surface area contributed by atoms with Crippen LogP contribution in [0.2, 0.25) is 0 Å². The first-order chi connectivity index (χ1) is 8.08. The van der Waals surface area contributed by atoms with Gasteiger partial charge in [-0.3, -0.25) is 10.1 Å². The lowest BCUT2D eigenvalue weighted by Crippen LogP contribution is -2.37. The maximum Gasteiger partial charge on any atom is 0.322 e. The van der Waals surface area contributed by atoms with Crippen LogP contribution in [0.1, 0.15) is 31.9 Å². The molecule has 0 amide bonds. The molecule has 1 unspecified atom stereocenters. The molecule has 2 atom stereocenters. The minimum absolute atomic E-state index is 0.0182. The number of carbonyl (C=O) groups excluding carboxylic acids is 1. The van der Waals surface area contributed by atoms with Crippen LogP contribution in [0.4, 0.5) is 4.39 Å². The molecule has 1 aromatic carbocycles. The molecule has 1 rings (SSSR count). The number of halogens is 1. The van der Waals surface area contributed by atoms with Crippen LogP contribution in [-0.2, 0) is 9.53 Å². The first-order valence-corrected chi connectivity index (χ1v) is 5.67. The summed E-state index contributed by atoms with van der Waals surface area (Å²) >= 11 is 0. The van der Waals surface area contributed by atoms with Gasteiger partial charge >= 0.3 is 5.97 Å².